The van der Waals surface area contributed by atoms with E-state index in [0.29, 0.717) is 15.6 Å². The Labute approximate surface area is 137 Å². The van der Waals surface area contributed by atoms with Crippen molar-refractivity contribution in [1.29, 1.82) is 0 Å². The summed E-state index contributed by atoms with van der Waals surface area (Å²) < 4.78 is 0. The van der Waals surface area contributed by atoms with E-state index < -0.39 is 0 Å². The van der Waals surface area contributed by atoms with Crippen LogP contribution < -0.4 is 5.69 Å². The summed E-state index contributed by atoms with van der Waals surface area (Å²) >= 11 is 7.16. The van der Waals surface area contributed by atoms with Gasteiger partial charge in [-0.25, -0.2) is 4.79 Å². The van der Waals surface area contributed by atoms with Crippen LogP contribution in [0.15, 0.2) is 34.1 Å². The zero-order valence-corrected chi connectivity index (χ0v) is 13.5. The van der Waals surface area contributed by atoms with Crippen LogP contribution >= 0.6 is 23.4 Å². The lowest BCUT2D eigenvalue weighted by Crippen LogP contribution is -2.20. The van der Waals surface area contributed by atoms with Gasteiger partial charge in [0.05, 0.1) is 5.75 Å². The zero-order chi connectivity index (χ0) is 15.5. The molecule has 0 unspecified atom stereocenters. The molecule has 4 nitrogen and oxygen atoms in total. The van der Waals surface area contributed by atoms with Crippen LogP contribution in [0.4, 0.5) is 0 Å². The average Bonchev–Trinajstić information content (AvgIpc) is 2.52. The van der Waals surface area contributed by atoms with E-state index in [1.54, 1.807) is 24.3 Å². The molecule has 0 atom stereocenters. The normalized spacial score (nSPS) is 13.7. The van der Waals surface area contributed by atoms with Gasteiger partial charge in [-0.3, -0.25) is 4.79 Å². The third-order valence-corrected chi connectivity index (χ3v) is 4.96. The minimum Gasteiger partial charge on any atom is -0.309 e. The van der Waals surface area contributed by atoms with Crippen molar-refractivity contribution in [2.24, 2.45) is 0 Å². The SMILES string of the molecule is O=C(CSc1nc(=O)[nH]c2c1CCCC2)c1ccc(Cl)cc1. The fourth-order valence-corrected chi connectivity index (χ4v) is 3.68. The van der Waals surface area contributed by atoms with Gasteiger partial charge in [-0.15, -0.1) is 0 Å². The number of aryl methyl sites for hydroxylation is 1. The fourth-order valence-electron chi connectivity index (χ4n) is 2.57. The number of aromatic amines is 1. The van der Waals surface area contributed by atoms with Crippen molar-refractivity contribution < 1.29 is 4.79 Å². The Morgan fingerprint density at radius 1 is 1.23 bits per heavy atom. The Balaban J connectivity index is 1.76. The third kappa shape index (κ3) is 3.42. The first-order chi connectivity index (χ1) is 10.6. The van der Waals surface area contributed by atoms with Crippen molar-refractivity contribution in [2.45, 2.75) is 30.7 Å². The average molecular weight is 335 g/mol. The topological polar surface area (TPSA) is 62.8 Å². The maximum Gasteiger partial charge on any atom is 0.346 e. The van der Waals surface area contributed by atoms with Gasteiger partial charge < -0.3 is 4.98 Å². The Kier molecular flexibility index (Phi) is 4.64. The van der Waals surface area contributed by atoms with E-state index in [1.807, 2.05) is 0 Å². The predicted octanol–water partition coefficient (Wildman–Crippen LogP) is 3.28. The number of thioether (sulfide) groups is 1. The van der Waals surface area contributed by atoms with Crippen molar-refractivity contribution in [3.63, 3.8) is 0 Å². The molecule has 1 aliphatic rings. The number of Topliss-reactive ketones (excluding diaryl/α,β-unsaturated/α-hetero) is 1. The van der Waals surface area contributed by atoms with Gasteiger partial charge in [-0.2, -0.15) is 4.98 Å². The number of benzene rings is 1. The number of H-pyrrole nitrogens is 1. The highest BCUT2D eigenvalue weighted by Gasteiger charge is 2.17. The first-order valence-electron chi connectivity index (χ1n) is 7.17. The van der Waals surface area contributed by atoms with Crippen LogP contribution in [0.2, 0.25) is 5.02 Å². The zero-order valence-electron chi connectivity index (χ0n) is 11.9. The molecule has 6 heteroatoms. The summed E-state index contributed by atoms with van der Waals surface area (Å²) in [7, 11) is 0. The van der Waals surface area contributed by atoms with Crippen LogP contribution in [-0.4, -0.2) is 21.5 Å². The van der Waals surface area contributed by atoms with E-state index in [2.05, 4.69) is 9.97 Å². The standard InChI is InChI=1S/C16H15ClN2O2S/c17-11-7-5-10(6-8-11)14(20)9-22-15-12-3-1-2-4-13(12)18-16(21)19-15/h5-8H,1-4,9H2,(H,18,19,21). The van der Waals surface area contributed by atoms with Gasteiger partial charge in [0.25, 0.3) is 0 Å². The highest BCUT2D eigenvalue weighted by Crippen LogP contribution is 2.27. The van der Waals surface area contributed by atoms with E-state index in [0.717, 1.165) is 36.9 Å². The van der Waals surface area contributed by atoms with Crippen LogP contribution in [-0.2, 0) is 12.8 Å². The van der Waals surface area contributed by atoms with Gasteiger partial charge in [0, 0.05) is 21.8 Å². The molecule has 1 heterocycles. The minimum absolute atomic E-state index is 0.00769. The second-order valence-corrected chi connectivity index (χ2v) is 6.63. The van der Waals surface area contributed by atoms with Crippen molar-refractivity contribution in [3.8, 4) is 0 Å². The summed E-state index contributed by atoms with van der Waals surface area (Å²) in [5.74, 6) is 0.276. The molecule has 0 aliphatic heterocycles. The Hall–Kier alpha value is -1.59. The highest BCUT2D eigenvalue weighted by atomic mass is 35.5. The molecule has 0 saturated carbocycles. The molecule has 1 aromatic heterocycles. The molecular formula is C16H15ClN2O2S. The Morgan fingerprint density at radius 2 is 1.95 bits per heavy atom. The summed E-state index contributed by atoms with van der Waals surface area (Å²) in [6.45, 7) is 0. The van der Waals surface area contributed by atoms with Gasteiger partial charge in [0.1, 0.15) is 5.03 Å². The second kappa shape index (κ2) is 6.67. The molecule has 0 bridgehead atoms. The molecule has 0 spiro atoms. The van der Waals surface area contributed by atoms with Crippen molar-refractivity contribution in [2.75, 3.05) is 5.75 Å². The lowest BCUT2D eigenvalue weighted by molar-refractivity contribution is 0.102. The number of nitrogens with one attached hydrogen (secondary N) is 1. The molecule has 0 fully saturated rings. The first-order valence-corrected chi connectivity index (χ1v) is 8.53. The van der Waals surface area contributed by atoms with Crippen LogP contribution in [0, 0.1) is 0 Å². The second-order valence-electron chi connectivity index (χ2n) is 5.23. The summed E-state index contributed by atoms with van der Waals surface area (Å²) in [5.41, 5.74) is 2.37. The molecule has 1 aliphatic carbocycles. The van der Waals surface area contributed by atoms with Gasteiger partial charge >= 0.3 is 5.69 Å². The third-order valence-electron chi connectivity index (χ3n) is 3.69. The quantitative estimate of drug-likeness (QED) is 0.529. The number of fused-ring (bicyclic) bond motifs is 1. The van der Waals surface area contributed by atoms with Gasteiger partial charge in [-0.05, 0) is 49.9 Å². The van der Waals surface area contributed by atoms with E-state index in [4.69, 9.17) is 11.6 Å². The van der Waals surface area contributed by atoms with E-state index in [1.165, 1.54) is 11.8 Å². The smallest absolute Gasteiger partial charge is 0.309 e. The molecule has 0 saturated heterocycles. The fraction of sp³-hybridized carbons (Fsp3) is 0.312. The molecular weight excluding hydrogens is 320 g/mol. The van der Waals surface area contributed by atoms with Gasteiger partial charge in [-0.1, -0.05) is 23.4 Å². The maximum atomic E-state index is 12.2. The van der Waals surface area contributed by atoms with Crippen LogP contribution in [0.5, 0.6) is 0 Å². The molecule has 3 rings (SSSR count). The lowest BCUT2D eigenvalue weighted by Gasteiger charge is -2.17. The lowest BCUT2D eigenvalue weighted by atomic mass is 9.98. The number of halogens is 1. The number of carbonyl (C=O) groups is 1. The number of carbonyl (C=O) groups excluding carboxylic acids is 1. The number of hydrogen-bond acceptors (Lipinski definition) is 4. The number of ketones is 1. The maximum absolute atomic E-state index is 12.2. The summed E-state index contributed by atoms with van der Waals surface area (Å²) in [6, 6.07) is 6.83. The van der Waals surface area contributed by atoms with Gasteiger partial charge in [0.15, 0.2) is 5.78 Å². The molecule has 1 aromatic carbocycles. The number of aromatic nitrogens is 2. The first kappa shape index (κ1) is 15.3. The van der Waals surface area contributed by atoms with Gasteiger partial charge in [0.2, 0.25) is 0 Å². The number of hydrogen-bond donors (Lipinski definition) is 1. The largest absolute Gasteiger partial charge is 0.346 e. The van der Waals surface area contributed by atoms with Crippen molar-refractivity contribution in [3.05, 3.63) is 56.6 Å². The van der Waals surface area contributed by atoms with Crippen molar-refractivity contribution >= 4 is 29.1 Å². The van der Waals surface area contributed by atoms with E-state index in [-0.39, 0.29) is 17.2 Å². The Morgan fingerprint density at radius 3 is 2.73 bits per heavy atom. The number of nitrogens with zero attached hydrogens (tertiary/aromatic N) is 1. The van der Waals surface area contributed by atoms with E-state index >= 15 is 0 Å². The predicted molar refractivity (Wildman–Crippen MR) is 88.0 cm³/mol. The molecule has 114 valence electrons. The monoisotopic (exact) mass is 334 g/mol. The molecule has 0 radical (unpaired) electrons. The van der Waals surface area contributed by atoms with Crippen molar-refractivity contribution in [1.82, 2.24) is 9.97 Å². The summed E-state index contributed by atoms with van der Waals surface area (Å²) in [5, 5.41) is 1.30. The molecule has 0 amide bonds. The minimum atomic E-state index is -0.331. The Bertz CT molecular complexity index is 756. The summed E-state index contributed by atoms with van der Waals surface area (Å²) in [4.78, 5) is 30.7. The van der Waals surface area contributed by atoms with E-state index in [9.17, 15) is 9.59 Å². The molecule has 22 heavy (non-hydrogen) atoms. The molecule has 1 N–H and O–H groups in total. The molecule has 2 aromatic rings. The summed E-state index contributed by atoms with van der Waals surface area (Å²) in [6.07, 6.45) is 3.97. The number of rotatable bonds is 4. The van der Waals surface area contributed by atoms with Crippen LogP contribution in [0.1, 0.15) is 34.5 Å². The van der Waals surface area contributed by atoms with Crippen LogP contribution in [0.25, 0.3) is 0 Å². The van der Waals surface area contributed by atoms with Crippen LogP contribution in [0.3, 0.4) is 0 Å². The highest BCUT2D eigenvalue weighted by molar-refractivity contribution is 8.00.